The lowest BCUT2D eigenvalue weighted by Gasteiger charge is -2.25. The minimum Gasteiger partial charge on any atom is -0.373 e. The number of unbranched alkanes of at least 4 members (excludes halogenated alkanes) is 9. The van der Waals surface area contributed by atoms with Gasteiger partial charge in [-0.15, -0.1) is 0 Å². The third-order valence-electron chi connectivity index (χ3n) is 4.94. The van der Waals surface area contributed by atoms with Gasteiger partial charge in [0.05, 0.1) is 0 Å². The molecule has 0 atom stereocenters. The van der Waals surface area contributed by atoms with Crippen LogP contribution < -0.4 is 0 Å². The molecule has 0 aromatic heterocycles. The van der Waals surface area contributed by atoms with Gasteiger partial charge in [0.25, 0.3) is 0 Å². The van der Waals surface area contributed by atoms with Gasteiger partial charge >= 0.3 is 0 Å². The van der Waals surface area contributed by atoms with Crippen molar-refractivity contribution in [1.82, 2.24) is 4.90 Å². The molecular formula is C22H35N. The number of fused-ring (bicyclic) bond motifs is 1. The highest BCUT2D eigenvalue weighted by atomic mass is 15.1. The molecule has 0 radical (unpaired) electrons. The zero-order chi connectivity index (χ0) is 16.3. The molecule has 0 spiro atoms. The van der Waals surface area contributed by atoms with Crippen molar-refractivity contribution >= 4 is 6.08 Å². The lowest BCUT2D eigenvalue weighted by atomic mass is 10.0. The number of nitrogens with zero attached hydrogens (tertiary/aromatic N) is 1. The number of aryl methyl sites for hydroxylation is 1. The van der Waals surface area contributed by atoms with Gasteiger partial charge in [0.2, 0.25) is 0 Å². The predicted octanol–water partition coefficient (Wildman–Crippen LogP) is 6.70. The highest BCUT2D eigenvalue weighted by Gasteiger charge is 2.09. The predicted molar refractivity (Wildman–Crippen MR) is 102 cm³/mol. The van der Waals surface area contributed by atoms with Crippen molar-refractivity contribution in [1.29, 1.82) is 0 Å². The molecule has 0 N–H and O–H groups in total. The fourth-order valence-corrected chi connectivity index (χ4v) is 3.43. The maximum Gasteiger partial charge on any atom is 0.0429 e. The molecule has 1 nitrogen and oxygen atoms in total. The molecule has 0 saturated heterocycles. The van der Waals surface area contributed by atoms with Gasteiger partial charge in [0.15, 0.2) is 0 Å². The summed E-state index contributed by atoms with van der Waals surface area (Å²) < 4.78 is 0. The van der Waals surface area contributed by atoms with Crippen LogP contribution in [0.5, 0.6) is 0 Å². The fraction of sp³-hybridized carbons (Fsp3) is 0.636. The monoisotopic (exact) mass is 313 g/mol. The topological polar surface area (TPSA) is 3.24 Å². The maximum absolute atomic E-state index is 2.47. The highest BCUT2D eigenvalue weighted by molar-refractivity contribution is 5.56. The van der Waals surface area contributed by atoms with Gasteiger partial charge < -0.3 is 4.90 Å². The first kappa shape index (κ1) is 18.1. The summed E-state index contributed by atoms with van der Waals surface area (Å²) in [6.45, 7) is 6.76. The first-order valence-corrected chi connectivity index (χ1v) is 9.81. The first-order chi connectivity index (χ1) is 11.3. The van der Waals surface area contributed by atoms with E-state index in [2.05, 4.69) is 49.2 Å². The summed E-state index contributed by atoms with van der Waals surface area (Å²) in [5.74, 6) is 0. The second-order valence-corrected chi connectivity index (χ2v) is 7.17. The van der Waals surface area contributed by atoms with E-state index in [1.807, 2.05) is 0 Å². The van der Waals surface area contributed by atoms with Gasteiger partial charge in [0.1, 0.15) is 0 Å². The van der Waals surface area contributed by atoms with Crippen molar-refractivity contribution in [2.45, 2.75) is 84.6 Å². The lowest BCUT2D eigenvalue weighted by molar-refractivity contribution is 0.353. The third kappa shape index (κ3) is 6.81. The molecule has 2 rings (SSSR count). The molecule has 1 aliphatic heterocycles. The number of benzene rings is 1. The summed E-state index contributed by atoms with van der Waals surface area (Å²) in [6.07, 6.45) is 18.7. The summed E-state index contributed by atoms with van der Waals surface area (Å²) in [4.78, 5) is 2.47. The summed E-state index contributed by atoms with van der Waals surface area (Å²) in [6, 6.07) is 6.82. The minimum absolute atomic E-state index is 1.09. The summed E-state index contributed by atoms with van der Waals surface area (Å²) >= 11 is 0. The van der Waals surface area contributed by atoms with E-state index in [4.69, 9.17) is 0 Å². The Balaban J connectivity index is 1.51. The summed E-state index contributed by atoms with van der Waals surface area (Å²) in [7, 11) is 0. The van der Waals surface area contributed by atoms with E-state index in [-0.39, 0.29) is 0 Å². The SMILES string of the molecule is CCCCCCCCCCCCN1C=Cc2cc(C)ccc2C1. The Morgan fingerprint density at radius 1 is 0.870 bits per heavy atom. The van der Waals surface area contributed by atoms with Crippen LogP contribution in [0.25, 0.3) is 6.08 Å². The molecule has 1 aromatic carbocycles. The second-order valence-electron chi connectivity index (χ2n) is 7.17. The summed E-state index contributed by atoms with van der Waals surface area (Å²) in [5, 5.41) is 0. The van der Waals surface area contributed by atoms with Crippen LogP contribution >= 0.6 is 0 Å². The van der Waals surface area contributed by atoms with Crippen molar-refractivity contribution in [2.75, 3.05) is 6.54 Å². The van der Waals surface area contributed by atoms with Crippen LogP contribution in [0.1, 0.15) is 87.8 Å². The smallest absolute Gasteiger partial charge is 0.0429 e. The normalized spacial score (nSPS) is 13.4. The Morgan fingerprint density at radius 3 is 2.22 bits per heavy atom. The Labute approximate surface area is 143 Å². The molecule has 0 amide bonds. The average Bonchev–Trinajstić information content (AvgIpc) is 2.56. The van der Waals surface area contributed by atoms with E-state index in [0.29, 0.717) is 0 Å². The zero-order valence-electron chi connectivity index (χ0n) is 15.3. The molecule has 1 heteroatoms. The van der Waals surface area contributed by atoms with Crippen LogP contribution in [0.15, 0.2) is 24.4 Å². The van der Waals surface area contributed by atoms with Crippen molar-refractivity contribution < 1.29 is 0 Å². The lowest BCUT2D eigenvalue weighted by Crippen LogP contribution is -2.21. The maximum atomic E-state index is 2.47. The van der Waals surface area contributed by atoms with Gasteiger partial charge in [-0.3, -0.25) is 0 Å². The Kier molecular flexibility index (Phi) is 8.28. The van der Waals surface area contributed by atoms with Crippen LogP contribution in [-0.2, 0) is 6.54 Å². The Bertz CT molecular complexity index is 475. The average molecular weight is 314 g/mol. The third-order valence-corrected chi connectivity index (χ3v) is 4.94. The number of rotatable bonds is 11. The van der Waals surface area contributed by atoms with Crippen LogP contribution in [0.4, 0.5) is 0 Å². The molecule has 0 saturated carbocycles. The first-order valence-electron chi connectivity index (χ1n) is 9.81. The standard InChI is InChI=1S/C22H35N/c1-3-4-5-6-7-8-9-10-11-12-16-23-17-15-21-18-20(2)13-14-22(21)19-23/h13-15,17-18H,3-12,16,19H2,1-2H3. The van der Waals surface area contributed by atoms with Crippen LogP contribution in [0.3, 0.4) is 0 Å². The van der Waals surface area contributed by atoms with Gasteiger partial charge in [-0.25, -0.2) is 0 Å². The van der Waals surface area contributed by atoms with Crippen LogP contribution in [0, 0.1) is 6.92 Å². The number of hydrogen-bond acceptors (Lipinski definition) is 1. The van der Waals surface area contributed by atoms with Crippen molar-refractivity contribution in [2.24, 2.45) is 0 Å². The van der Waals surface area contributed by atoms with Gasteiger partial charge in [-0.05, 0) is 36.7 Å². The Hall–Kier alpha value is -1.24. The molecular weight excluding hydrogens is 278 g/mol. The molecule has 0 fully saturated rings. The van der Waals surface area contributed by atoms with E-state index < -0.39 is 0 Å². The Morgan fingerprint density at radius 2 is 1.52 bits per heavy atom. The van der Waals surface area contributed by atoms with Gasteiger partial charge in [0, 0.05) is 13.1 Å². The molecule has 0 unspecified atom stereocenters. The second kappa shape index (κ2) is 10.5. The van der Waals surface area contributed by atoms with E-state index in [0.717, 1.165) is 6.54 Å². The fourth-order valence-electron chi connectivity index (χ4n) is 3.43. The van der Waals surface area contributed by atoms with Gasteiger partial charge in [-0.2, -0.15) is 0 Å². The molecule has 1 aromatic rings. The zero-order valence-corrected chi connectivity index (χ0v) is 15.3. The van der Waals surface area contributed by atoms with Crippen molar-refractivity contribution in [3.8, 4) is 0 Å². The molecule has 0 bridgehead atoms. The quantitative estimate of drug-likeness (QED) is 0.411. The number of hydrogen-bond donors (Lipinski definition) is 0. The molecule has 0 aliphatic carbocycles. The summed E-state index contributed by atoms with van der Waals surface area (Å²) in [5.41, 5.74) is 4.24. The van der Waals surface area contributed by atoms with E-state index in [1.54, 1.807) is 0 Å². The molecule has 23 heavy (non-hydrogen) atoms. The van der Waals surface area contributed by atoms with E-state index in [1.165, 1.54) is 87.4 Å². The van der Waals surface area contributed by atoms with E-state index in [9.17, 15) is 0 Å². The largest absolute Gasteiger partial charge is 0.373 e. The highest BCUT2D eigenvalue weighted by Crippen LogP contribution is 2.21. The molecule has 1 aliphatic rings. The van der Waals surface area contributed by atoms with E-state index >= 15 is 0 Å². The van der Waals surface area contributed by atoms with Crippen molar-refractivity contribution in [3.63, 3.8) is 0 Å². The molecule has 128 valence electrons. The minimum atomic E-state index is 1.09. The van der Waals surface area contributed by atoms with Gasteiger partial charge in [-0.1, -0.05) is 88.5 Å². The van der Waals surface area contributed by atoms with Crippen LogP contribution in [0.2, 0.25) is 0 Å². The molecule has 1 heterocycles. The van der Waals surface area contributed by atoms with Crippen LogP contribution in [-0.4, -0.2) is 11.4 Å². The van der Waals surface area contributed by atoms with Crippen molar-refractivity contribution in [3.05, 3.63) is 41.1 Å².